The topological polar surface area (TPSA) is 61.4 Å². The first-order chi connectivity index (χ1) is 9.77. The lowest BCUT2D eigenvalue weighted by Gasteiger charge is -2.27. The van der Waals surface area contributed by atoms with Crippen molar-refractivity contribution >= 4 is 17.8 Å². The Labute approximate surface area is 131 Å². The summed E-state index contributed by atoms with van der Waals surface area (Å²) in [6.45, 7) is 6.68. The van der Waals surface area contributed by atoms with Gasteiger partial charge in [-0.15, -0.1) is 0 Å². The molecule has 1 rings (SSSR count). The molecule has 0 aromatic heterocycles. The van der Waals surface area contributed by atoms with Crippen molar-refractivity contribution in [2.24, 2.45) is 0 Å². The Morgan fingerprint density at radius 3 is 2.29 bits per heavy atom. The number of urea groups is 1. The van der Waals surface area contributed by atoms with Crippen LogP contribution in [-0.4, -0.2) is 41.8 Å². The summed E-state index contributed by atoms with van der Waals surface area (Å²) in [6, 6.07) is 9.84. The van der Waals surface area contributed by atoms with Crippen LogP contribution in [0, 0.1) is 0 Å². The molecule has 3 N–H and O–H groups in total. The summed E-state index contributed by atoms with van der Waals surface area (Å²) in [4.78, 5) is 11.8. The molecule has 0 bridgehead atoms. The van der Waals surface area contributed by atoms with Gasteiger partial charge < -0.3 is 15.7 Å². The van der Waals surface area contributed by atoms with Gasteiger partial charge in [0.05, 0.1) is 5.60 Å². The number of amides is 2. The third-order valence-electron chi connectivity index (χ3n) is 3.33. The maximum Gasteiger partial charge on any atom is 0.314 e. The lowest BCUT2D eigenvalue weighted by Crippen LogP contribution is -2.48. The second-order valence-electron chi connectivity index (χ2n) is 6.22. The highest BCUT2D eigenvalue weighted by Crippen LogP contribution is 2.21. The first-order valence-electron chi connectivity index (χ1n) is 7.05. The van der Waals surface area contributed by atoms with E-state index in [9.17, 15) is 9.90 Å². The molecule has 0 heterocycles. The van der Waals surface area contributed by atoms with E-state index < -0.39 is 5.60 Å². The molecule has 1 aromatic carbocycles. The van der Waals surface area contributed by atoms with Crippen molar-refractivity contribution in [3.05, 3.63) is 35.9 Å². The van der Waals surface area contributed by atoms with E-state index in [2.05, 4.69) is 36.6 Å². The fourth-order valence-corrected chi connectivity index (χ4v) is 2.71. The van der Waals surface area contributed by atoms with E-state index in [1.54, 1.807) is 18.7 Å². The van der Waals surface area contributed by atoms with Crippen LogP contribution in [0.25, 0.3) is 0 Å². The number of benzene rings is 1. The maximum absolute atomic E-state index is 11.8. The van der Waals surface area contributed by atoms with Crippen molar-refractivity contribution in [1.29, 1.82) is 0 Å². The van der Waals surface area contributed by atoms with Gasteiger partial charge in [-0.25, -0.2) is 4.79 Å². The van der Waals surface area contributed by atoms with Gasteiger partial charge in [-0.1, -0.05) is 44.2 Å². The summed E-state index contributed by atoms with van der Waals surface area (Å²) in [5.41, 5.74) is 0.159. The summed E-state index contributed by atoms with van der Waals surface area (Å²) in [5.74, 6) is 0.586. The van der Waals surface area contributed by atoms with Crippen LogP contribution in [0.5, 0.6) is 0 Å². The number of rotatable bonds is 7. The molecule has 0 spiro atoms. The average Bonchev–Trinajstić information content (AvgIpc) is 2.44. The normalized spacial score (nSPS) is 14.3. The number of aliphatic hydroxyl groups is 1. The van der Waals surface area contributed by atoms with Crippen molar-refractivity contribution in [1.82, 2.24) is 10.6 Å². The number of nitrogens with one attached hydrogen (secondary N) is 2. The Balaban J connectivity index is 2.43. The number of hydrogen-bond acceptors (Lipinski definition) is 3. The van der Waals surface area contributed by atoms with Gasteiger partial charge in [-0.3, -0.25) is 0 Å². The lowest BCUT2D eigenvalue weighted by molar-refractivity contribution is 0.0869. The molecule has 1 atom stereocenters. The van der Waals surface area contributed by atoms with Crippen LogP contribution in [0.4, 0.5) is 4.79 Å². The zero-order chi connectivity index (χ0) is 15.9. The molecule has 5 heteroatoms. The number of carbonyl (C=O) groups excluding carboxylic acids is 1. The molecule has 2 amide bonds. The standard InChI is InChI=1S/C16H26N2O2S/c1-15(2,13-8-6-5-7-9-13)10-17-14(19)18-11-16(3,20)12-21-4/h5-9,20H,10-12H2,1-4H3,(H2,17,18,19). The molecule has 0 radical (unpaired) electrons. The predicted molar refractivity (Wildman–Crippen MR) is 89.9 cm³/mol. The van der Waals surface area contributed by atoms with E-state index in [0.717, 1.165) is 0 Å². The van der Waals surface area contributed by atoms with Gasteiger partial charge in [-0.2, -0.15) is 11.8 Å². The first-order valence-corrected chi connectivity index (χ1v) is 8.45. The van der Waals surface area contributed by atoms with Crippen LogP contribution in [-0.2, 0) is 5.41 Å². The fraction of sp³-hybridized carbons (Fsp3) is 0.562. The van der Waals surface area contributed by atoms with Crippen LogP contribution in [0.3, 0.4) is 0 Å². The molecule has 21 heavy (non-hydrogen) atoms. The summed E-state index contributed by atoms with van der Waals surface area (Å²) >= 11 is 1.55. The minimum Gasteiger partial charge on any atom is -0.387 e. The lowest BCUT2D eigenvalue weighted by atomic mass is 9.85. The molecule has 0 saturated carbocycles. The predicted octanol–water partition coefficient (Wildman–Crippen LogP) is 2.38. The number of carbonyl (C=O) groups is 1. The maximum atomic E-state index is 11.8. The molecular formula is C16H26N2O2S. The van der Waals surface area contributed by atoms with E-state index >= 15 is 0 Å². The monoisotopic (exact) mass is 310 g/mol. The summed E-state index contributed by atoms with van der Waals surface area (Å²) in [7, 11) is 0. The molecule has 4 nitrogen and oxygen atoms in total. The summed E-state index contributed by atoms with van der Waals surface area (Å²) in [6.07, 6.45) is 1.93. The van der Waals surface area contributed by atoms with E-state index in [-0.39, 0.29) is 18.0 Å². The second-order valence-corrected chi connectivity index (χ2v) is 7.08. The molecule has 1 aromatic rings. The number of hydrogen-bond donors (Lipinski definition) is 3. The largest absolute Gasteiger partial charge is 0.387 e. The Morgan fingerprint density at radius 2 is 1.71 bits per heavy atom. The average molecular weight is 310 g/mol. The molecule has 118 valence electrons. The SMILES string of the molecule is CSCC(C)(O)CNC(=O)NCC(C)(C)c1ccccc1. The van der Waals surface area contributed by atoms with Crippen LogP contribution in [0.15, 0.2) is 30.3 Å². The van der Waals surface area contributed by atoms with Crippen molar-refractivity contribution in [2.45, 2.75) is 31.8 Å². The van der Waals surface area contributed by atoms with Crippen molar-refractivity contribution in [2.75, 3.05) is 25.1 Å². The molecule has 0 aliphatic rings. The van der Waals surface area contributed by atoms with Gasteiger partial charge in [0.25, 0.3) is 0 Å². The molecule has 0 saturated heterocycles. The fourth-order valence-electron chi connectivity index (χ4n) is 1.99. The van der Waals surface area contributed by atoms with Crippen LogP contribution < -0.4 is 10.6 Å². The zero-order valence-corrected chi connectivity index (χ0v) is 14.1. The third-order valence-corrected chi connectivity index (χ3v) is 4.24. The van der Waals surface area contributed by atoms with E-state index in [0.29, 0.717) is 12.3 Å². The summed E-state index contributed by atoms with van der Waals surface area (Å²) in [5, 5.41) is 15.6. The number of thioether (sulfide) groups is 1. The molecule has 0 aliphatic carbocycles. The molecule has 0 aliphatic heterocycles. The van der Waals surface area contributed by atoms with Crippen molar-refractivity contribution < 1.29 is 9.90 Å². The molecule has 0 fully saturated rings. The van der Waals surface area contributed by atoms with E-state index in [4.69, 9.17) is 0 Å². The molecule has 1 unspecified atom stereocenters. The Hall–Kier alpha value is -1.20. The second kappa shape index (κ2) is 7.71. The third kappa shape index (κ3) is 6.40. The van der Waals surface area contributed by atoms with Gasteiger partial charge >= 0.3 is 6.03 Å². The van der Waals surface area contributed by atoms with Gasteiger partial charge in [0.2, 0.25) is 0 Å². The van der Waals surface area contributed by atoms with E-state index in [1.807, 2.05) is 24.5 Å². The highest BCUT2D eigenvalue weighted by atomic mass is 32.2. The highest BCUT2D eigenvalue weighted by molar-refractivity contribution is 7.98. The quantitative estimate of drug-likeness (QED) is 0.724. The van der Waals surface area contributed by atoms with Gasteiger partial charge in [0, 0.05) is 24.3 Å². The van der Waals surface area contributed by atoms with Crippen LogP contribution in [0.2, 0.25) is 0 Å². The van der Waals surface area contributed by atoms with Gasteiger partial charge in [0.1, 0.15) is 0 Å². The Bertz CT molecular complexity index is 447. The Morgan fingerprint density at radius 1 is 1.14 bits per heavy atom. The highest BCUT2D eigenvalue weighted by Gasteiger charge is 2.23. The minimum absolute atomic E-state index is 0.139. The van der Waals surface area contributed by atoms with Crippen LogP contribution >= 0.6 is 11.8 Å². The smallest absolute Gasteiger partial charge is 0.314 e. The zero-order valence-electron chi connectivity index (χ0n) is 13.3. The summed E-state index contributed by atoms with van der Waals surface area (Å²) < 4.78 is 0. The van der Waals surface area contributed by atoms with Crippen molar-refractivity contribution in [3.8, 4) is 0 Å². The minimum atomic E-state index is -0.883. The molecular weight excluding hydrogens is 284 g/mol. The first kappa shape index (κ1) is 17.9. The van der Waals surface area contributed by atoms with Crippen LogP contribution in [0.1, 0.15) is 26.3 Å². The Kier molecular flexibility index (Phi) is 6.55. The van der Waals surface area contributed by atoms with Gasteiger partial charge in [0.15, 0.2) is 0 Å². The van der Waals surface area contributed by atoms with Crippen molar-refractivity contribution in [3.63, 3.8) is 0 Å². The van der Waals surface area contributed by atoms with E-state index in [1.165, 1.54) is 5.56 Å². The van der Waals surface area contributed by atoms with Gasteiger partial charge in [-0.05, 0) is 18.7 Å².